The van der Waals surface area contributed by atoms with Crippen molar-refractivity contribution in [3.8, 4) is 0 Å². The number of amides is 4. The summed E-state index contributed by atoms with van der Waals surface area (Å²) in [5, 5.41) is 7.76. The quantitative estimate of drug-likeness (QED) is 0.544. The monoisotopic (exact) mass is 474 g/mol. The van der Waals surface area contributed by atoms with Gasteiger partial charge in [-0.1, -0.05) is 23.2 Å². The van der Waals surface area contributed by atoms with Crippen LogP contribution in [-0.2, 0) is 4.79 Å². The van der Waals surface area contributed by atoms with Crippen LogP contribution in [-0.4, -0.2) is 40.1 Å². The number of imide groups is 1. The maximum absolute atomic E-state index is 12.5. The molecule has 0 atom stereocenters. The summed E-state index contributed by atoms with van der Waals surface area (Å²) in [4.78, 5) is 54.3. The van der Waals surface area contributed by atoms with Crippen LogP contribution in [0.4, 0.5) is 10.8 Å². The van der Waals surface area contributed by atoms with Gasteiger partial charge in [0, 0.05) is 22.8 Å². The van der Waals surface area contributed by atoms with Crippen molar-refractivity contribution in [2.45, 2.75) is 0 Å². The minimum atomic E-state index is -0.622. The van der Waals surface area contributed by atoms with Gasteiger partial charge in [0.15, 0.2) is 5.13 Å². The van der Waals surface area contributed by atoms with Crippen molar-refractivity contribution in [1.82, 2.24) is 9.88 Å². The van der Waals surface area contributed by atoms with E-state index in [2.05, 4.69) is 15.6 Å². The molecule has 1 aromatic heterocycles. The lowest BCUT2D eigenvalue weighted by molar-refractivity contribution is -0.116. The van der Waals surface area contributed by atoms with Crippen molar-refractivity contribution < 1.29 is 19.2 Å². The van der Waals surface area contributed by atoms with E-state index in [1.807, 2.05) is 0 Å². The molecule has 2 aromatic carbocycles. The van der Waals surface area contributed by atoms with E-state index in [-0.39, 0.29) is 27.1 Å². The third-order valence-electron chi connectivity index (χ3n) is 4.40. The van der Waals surface area contributed by atoms with Crippen LogP contribution in [0.15, 0.2) is 48.0 Å². The van der Waals surface area contributed by atoms with Gasteiger partial charge in [0.25, 0.3) is 17.7 Å². The summed E-state index contributed by atoms with van der Waals surface area (Å²) >= 11 is 13.1. The van der Waals surface area contributed by atoms with Crippen molar-refractivity contribution in [1.29, 1.82) is 0 Å². The van der Waals surface area contributed by atoms with Crippen LogP contribution >= 0.6 is 34.5 Å². The Morgan fingerprint density at radius 1 is 0.968 bits per heavy atom. The fraction of sp³-hybridized carbons (Fsp3) is 0.0500. The van der Waals surface area contributed by atoms with Gasteiger partial charge >= 0.3 is 0 Å². The first-order valence-corrected chi connectivity index (χ1v) is 10.4. The molecule has 4 rings (SSSR count). The molecule has 4 amide bonds. The molecule has 11 heteroatoms. The van der Waals surface area contributed by atoms with Crippen molar-refractivity contribution in [2.24, 2.45) is 0 Å². The Kier molecular flexibility index (Phi) is 5.73. The van der Waals surface area contributed by atoms with Crippen molar-refractivity contribution >= 4 is 69.0 Å². The molecule has 2 heterocycles. The third-order valence-corrected chi connectivity index (χ3v) is 5.81. The first-order chi connectivity index (χ1) is 14.8. The maximum Gasteiger partial charge on any atom is 0.262 e. The first-order valence-electron chi connectivity index (χ1n) is 8.79. The number of anilines is 2. The number of halogens is 2. The van der Waals surface area contributed by atoms with E-state index >= 15 is 0 Å². The normalized spacial score (nSPS) is 12.6. The van der Waals surface area contributed by atoms with Gasteiger partial charge in [-0.15, -0.1) is 11.3 Å². The van der Waals surface area contributed by atoms with Gasteiger partial charge in [-0.05, 0) is 36.4 Å². The van der Waals surface area contributed by atoms with E-state index in [4.69, 9.17) is 23.2 Å². The largest absolute Gasteiger partial charge is 0.325 e. The smallest absolute Gasteiger partial charge is 0.262 e. The van der Waals surface area contributed by atoms with Crippen molar-refractivity contribution in [3.63, 3.8) is 0 Å². The Bertz CT molecular complexity index is 1170. The van der Waals surface area contributed by atoms with Gasteiger partial charge in [-0.2, -0.15) is 0 Å². The zero-order valence-electron chi connectivity index (χ0n) is 15.5. The molecule has 0 fully saturated rings. The number of aromatic nitrogens is 1. The molecule has 1 aliphatic rings. The number of carbonyl (C=O) groups excluding carboxylic acids is 4. The number of thiazole rings is 1. The summed E-state index contributed by atoms with van der Waals surface area (Å²) < 4.78 is 0. The number of nitrogens with zero attached hydrogens (tertiary/aromatic N) is 2. The molecule has 0 spiro atoms. The highest BCUT2D eigenvalue weighted by Crippen LogP contribution is 2.31. The summed E-state index contributed by atoms with van der Waals surface area (Å²) in [6.45, 7) is -0.478. The highest BCUT2D eigenvalue weighted by atomic mass is 35.5. The van der Waals surface area contributed by atoms with E-state index in [1.54, 1.807) is 11.6 Å². The van der Waals surface area contributed by atoms with Gasteiger partial charge in [0.1, 0.15) is 6.54 Å². The zero-order chi connectivity index (χ0) is 22.1. The number of benzene rings is 2. The van der Waals surface area contributed by atoms with Crippen molar-refractivity contribution in [3.05, 3.63) is 74.7 Å². The lowest BCUT2D eigenvalue weighted by Crippen LogP contribution is -2.37. The van der Waals surface area contributed by atoms with E-state index < -0.39 is 24.3 Å². The first kappa shape index (κ1) is 21.0. The number of fused-ring (bicyclic) bond motifs is 1. The van der Waals surface area contributed by atoms with Crippen LogP contribution in [0.5, 0.6) is 0 Å². The molecule has 0 bridgehead atoms. The van der Waals surface area contributed by atoms with Gasteiger partial charge in [0.2, 0.25) is 5.91 Å². The summed E-state index contributed by atoms with van der Waals surface area (Å²) in [7, 11) is 0. The fourth-order valence-corrected chi connectivity index (χ4v) is 3.78. The summed E-state index contributed by atoms with van der Waals surface area (Å²) in [5.41, 5.74) is 0.978. The van der Waals surface area contributed by atoms with Gasteiger partial charge in [-0.25, -0.2) is 4.98 Å². The van der Waals surface area contributed by atoms with Crippen molar-refractivity contribution in [2.75, 3.05) is 17.2 Å². The lowest BCUT2D eigenvalue weighted by Gasteiger charge is -2.13. The molecule has 31 heavy (non-hydrogen) atoms. The SMILES string of the molecule is O=C(CN1C(=O)c2cc(Cl)c(Cl)cc2C1=O)Nc1ccc(C(=O)Nc2nccs2)cc1. The van der Waals surface area contributed by atoms with E-state index in [0.29, 0.717) is 16.4 Å². The summed E-state index contributed by atoms with van der Waals surface area (Å²) in [6.07, 6.45) is 1.58. The molecular weight excluding hydrogens is 463 g/mol. The summed E-state index contributed by atoms with van der Waals surface area (Å²) in [5.74, 6) is -2.16. The van der Waals surface area contributed by atoms with Gasteiger partial charge in [0.05, 0.1) is 21.2 Å². The standard InChI is InChI=1S/C20H12Cl2N4O4S/c21-14-7-12-13(8-15(14)22)19(30)26(18(12)29)9-16(27)24-11-3-1-10(2-4-11)17(28)25-20-23-5-6-31-20/h1-8H,9H2,(H,24,27)(H,23,25,28). The van der Waals surface area contributed by atoms with Crippen LogP contribution in [0.2, 0.25) is 10.0 Å². The topological polar surface area (TPSA) is 108 Å². The number of hydrogen-bond acceptors (Lipinski definition) is 6. The molecule has 0 aliphatic carbocycles. The average Bonchev–Trinajstić information content (AvgIpc) is 3.32. The molecule has 0 radical (unpaired) electrons. The molecule has 0 saturated carbocycles. The second-order valence-corrected chi connectivity index (χ2v) is 8.13. The molecular formula is C20H12Cl2N4O4S. The van der Waals surface area contributed by atoms with Crippen LogP contribution in [0.3, 0.4) is 0 Å². The Morgan fingerprint density at radius 3 is 2.13 bits per heavy atom. The average molecular weight is 475 g/mol. The van der Waals surface area contributed by atoms with E-state index in [1.165, 1.54) is 47.7 Å². The van der Waals surface area contributed by atoms with Crippen LogP contribution in [0.25, 0.3) is 0 Å². The number of carbonyl (C=O) groups is 4. The molecule has 0 saturated heterocycles. The Hall–Kier alpha value is -3.27. The molecule has 156 valence electrons. The lowest BCUT2D eigenvalue weighted by atomic mass is 10.1. The summed E-state index contributed by atoms with van der Waals surface area (Å²) in [6, 6.07) is 8.77. The van der Waals surface area contributed by atoms with Gasteiger partial charge < -0.3 is 5.32 Å². The second-order valence-electron chi connectivity index (χ2n) is 6.43. The third kappa shape index (κ3) is 4.29. The fourth-order valence-electron chi connectivity index (χ4n) is 2.93. The number of rotatable bonds is 5. The zero-order valence-corrected chi connectivity index (χ0v) is 17.8. The minimum Gasteiger partial charge on any atom is -0.325 e. The maximum atomic E-state index is 12.5. The molecule has 2 N–H and O–H groups in total. The van der Waals surface area contributed by atoms with E-state index in [0.717, 1.165) is 4.90 Å². The highest BCUT2D eigenvalue weighted by molar-refractivity contribution is 7.13. The molecule has 8 nitrogen and oxygen atoms in total. The Labute approximate surface area is 189 Å². The number of hydrogen-bond donors (Lipinski definition) is 2. The minimum absolute atomic E-state index is 0.0998. The van der Waals surface area contributed by atoms with Gasteiger partial charge in [-0.3, -0.25) is 29.4 Å². The van der Waals surface area contributed by atoms with Crippen LogP contribution in [0.1, 0.15) is 31.1 Å². The molecule has 0 unspecified atom stereocenters. The van der Waals surface area contributed by atoms with E-state index in [9.17, 15) is 19.2 Å². The second kappa shape index (κ2) is 8.46. The Morgan fingerprint density at radius 2 is 1.58 bits per heavy atom. The molecule has 3 aromatic rings. The predicted octanol–water partition coefficient (Wildman–Crippen LogP) is 3.94. The highest BCUT2D eigenvalue weighted by Gasteiger charge is 2.37. The number of nitrogens with one attached hydrogen (secondary N) is 2. The predicted molar refractivity (Wildman–Crippen MR) is 117 cm³/mol. The van der Waals surface area contributed by atoms with Crippen LogP contribution < -0.4 is 10.6 Å². The Balaban J connectivity index is 1.39. The molecule has 1 aliphatic heterocycles. The van der Waals surface area contributed by atoms with Crippen LogP contribution in [0, 0.1) is 0 Å².